The van der Waals surface area contributed by atoms with Crippen LogP contribution >= 0.6 is 0 Å². The van der Waals surface area contributed by atoms with Gasteiger partial charge in [-0.3, -0.25) is 4.79 Å². The molecule has 3 aromatic rings. The van der Waals surface area contributed by atoms with Gasteiger partial charge in [0, 0.05) is 31.0 Å². The van der Waals surface area contributed by atoms with Crippen molar-refractivity contribution in [2.45, 2.75) is 58.6 Å². The molecule has 0 spiro atoms. The van der Waals surface area contributed by atoms with Crippen LogP contribution < -0.4 is 15.7 Å². The number of nitrogens with one attached hydrogen (secondary N) is 1. The Morgan fingerprint density at radius 2 is 2.10 bits per heavy atom. The zero-order valence-corrected chi connectivity index (χ0v) is 17.4. The van der Waals surface area contributed by atoms with Crippen molar-refractivity contribution in [3.05, 3.63) is 58.0 Å². The number of benzene rings is 1. The molecule has 1 aromatic carbocycles. The number of ether oxygens (including phenoxy) is 1. The van der Waals surface area contributed by atoms with Crippen molar-refractivity contribution in [3.8, 4) is 5.75 Å². The van der Waals surface area contributed by atoms with Gasteiger partial charge in [-0.25, -0.2) is 9.78 Å². The summed E-state index contributed by atoms with van der Waals surface area (Å²) < 4.78 is 13.7. The maximum atomic E-state index is 12.5. The number of aromatic nitrogens is 2. The van der Waals surface area contributed by atoms with Crippen LogP contribution in [0, 0.1) is 6.92 Å². The van der Waals surface area contributed by atoms with Crippen LogP contribution in [0.25, 0.3) is 11.0 Å². The quantitative estimate of drug-likeness (QED) is 0.479. The molecule has 0 aliphatic heterocycles. The highest BCUT2D eigenvalue weighted by Gasteiger charge is 2.23. The number of fused-ring (bicyclic) bond motifs is 3. The molecule has 1 atom stereocenters. The Morgan fingerprint density at radius 3 is 2.87 bits per heavy atom. The predicted octanol–water partition coefficient (Wildman–Crippen LogP) is 3.15. The van der Waals surface area contributed by atoms with E-state index < -0.39 is 6.10 Å². The summed E-state index contributed by atoms with van der Waals surface area (Å²) in [5, 5.41) is 3.76. The largest absolute Gasteiger partial charge is 0.480 e. The van der Waals surface area contributed by atoms with E-state index in [0.29, 0.717) is 17.9 Å². The molecule has 158 valence electrons. The third kappa shape index (κ3) is 4.25. The van der Waals surface area contributed by atoms with Gasteiger partial charge in [0.15, 0.2) is 6.10 Å². The maximum Gasteiger partial charge on any atom is 0.339 e. The number of amides is 1. The van der Waals surface area contributed by atoms with Crippen molar-refractivity contribution in [3.63, 3.8) is 0 Å². The molecule has 0 unspecified atom stereocenters. The van der Waals surface area contributed by atoms with Crippen LogP contribution in [-0.4, -0.2) is 28.1 Å². The Bertz CT molecular complexity index is 1100. The van der Waals surface area contributed by atoms with Crippen LogP contribution in [0.4, 0.5) is 0 Å². The average Bonchev–Trinajstić information content (AvgIpc) is 3.24. The van der Waals surface area contributed by atoms with Crippen LogP contribution in [0.5, 0.6) is 5.75 Å². The second-order valence-electron chi connectivity index (χ2n) is 7.90. The highest BCUT2D eigenvalue weighted by molar-refractivity contribution is 5.89. The molecular formula is C23H27N3O4. The van der Waals surface area contributed by atoms with Crippen molar-refractivity contribution in [1.82, 2.24) is 14.9 Å². The highest BCUT2D eigenvalue weighted by atomic mass is 16.5. The van der Waals surface area contributed by atoms with Crippen LogP contribution in [-0.2, 0) is 24.2 Å². The normalized spacial score (nSPS) is 14.3. The standard InChI is InChI=1S/C23H27N3O4/c1-15-12-19(21-17-6-3-4-7-18(17)23(28)30-20(21)13-15)29-16(2)22(27)25-8-5-10-26-11-9-24-14-26/h9,11-14,16H,3-8,10H2,1-2H3,(H,25,27)/t16-/m1/s1. The lowest BCUT2D eigenvalue weighted by molar-refractivity contribution is -0.127. The molecule has 7 heteroatoms. The molecule has 0 radical (unpaired) electrons. The number of carbonyl (C=O) groups is 1. The van der Waals surface area contributed by atoms with Gasteiger partial charge in [-0.15, -0.1) is 0 Å². The van der Waals surface area contributed by atoms with Gasteiger partial charge >= 0.3 is 5.63 Å². The van der Waals surface area contributed by atoms with Gasteiger partial charge < -0.3 is 19.0 Å². The summed E-state index contributed by atoms with van der Waals surface area (Å²) in [6.45, 7) is 5.02. The lowest BCUT2D eigenvalue weighted by atomic mass is 9.90. The van der Waals surface area contributed by atoms with E-state index in [1.807, 2.05) is 29.8 Å². The van der Waals surface area contributed by atoms with E-state index in [9.17, 15) is 9.59 Å². The summed E-state index contributed by atoms with van der Waals surface area (Å²) in [6, 6.07) is 3.78. The topological polar surface area (TPSA) is 86.4 Å². The van der Waals surface area contributed by atoms with Gasteiger partial charge in [-0.2, -0.15) is 0 Å². The maximum absolute atomic E-state index is 12.5. The second-order valence-corrected chi connectivity index (χ2v) is 7.90. The van der Waals surface area contributed by atoms with Crippen LogP contribution in [0.1, 0.15) is 42.9 Å². The van der Waals surface area contributed by atoms with Crippen molar-refractivity contribution in [1.29, 1.82) is 0 Å². The van der Waals surface area contributed by atoms with Gasteiger partial charge in [0.05, 0.1) is 11.7 Å². The van der Waals surface area contributed by atoms with E-state index in [0.717, 1.165) is 60.7 Å². The van der Waals surface area contributed by atoms with Crippen molar-refractivity contribution < 1.29 is 13.9 Å². The molecule has 0 bridgehead atoms. The number of aryl methyl sites for hydroxylation is 3. The second kappa shape index (κ2) is 8.73. The summed E-state index contributed by atoms with van der Waals surface area (Å²) in [5.74, 6) is 0.439. The molecule has 0 saturated carbocycles. The molecular weight excluding hydrogens is 382 g/mol. The van der Waals surface area contributed by atoms with E-state index in [4.69, 9.17) is 9.15 Å². The Balaban J connectivity index is 1.49. The van der Waals surface area contributed by atoms with Crippen molar-refractivity contribution in [2.24, 2.45) is 0 Å². The third-order valence-corrected chi connectivity index (χ3v) is 5.55. The van der Waals surface area contributed by atoms with Gasteiger partial charge in [0.1, 0.15) is 11.3 Å². The summed E-state index contributed by atoms with van der Waals surface area (Å²) in [4.78, 5) is 28.9. The van der Waals surface area contributed by atoms with E-state index in [-0.39, 0.29) is 11.5 Å². The fourth-order valence-corrected chi connectivity index (χ4v) is 4.04. The smallest absolute Gasteiger partial charge is 0.339 e. The number of hydrogen-bond donors (Lipinski definition) is 1. The Labute approximate surface area is 175 Å². The van der Waals surface area contributed by atoms with Crippen LogP contribution in [0.15, 0.2) is 40.1 Å². The molecule has 2 aromatic heterocycles. The minimum Gasteiger partial charge on any atom is -0.480 e. The molecule has 1 N–H and O–H groups in total. The first kappa shape index (κ1) is 20.2. The molecule has 1 amide bonds. The Hall–Kier alpha value is -3.09. The van der Waals surface area contributed by atoms with E-state index in [2.05, 4.69) is 10.3 Å². The summed E-state index contributed by atoms with van der Waals surface area (Å²) >= 11 is 0. The van der Waals surface area contributed by atoms with Crippen LogP contribution in [0.3, 0.4) is 0 Å². The predicted molar refractivity (Wildman–Crippen MR) is 114 cm³/mol. The first-order valence-corrected chi connectivity index (χ1v) is 10.5. The zero-order chi connectivity index (χ0) is 21.1. The molecule has 1 aliphatic carbocycles. The summed E-state index contributed by atoms with van der Waals surface area (Å²) in [5.41, 5.74) is 2.96. The molecule has 30 heavy (non-hydrogen) atoms. The highest BCUT2D eigenvalue weighted by Crippen LogP contribution is 2.35. The van der Waals surface area contributed by atoms with Gasteiger partial charge in [0.2, 0.25) is 0 Å². The minimum absolute atomic E-state index is 0.165. The van der Waals surface area contributed by atoms with Gasteiger partial charge in [-0.1, -0.05) is 0 Å². The molecule has 2 heterocycles. The molecule has 7 nitrogen and oxygen atoms in total. The molecule has 1 aliphatic rings. The van der Waals surface area contributed by atoms with Gasteiger partial charge in [0.25, 0.3) is 5.91 Å². The lowest BCUT2D eigenvalue weighted by Gasteiger charge is -2.21. The van der Waals surface area contributed by atoms with Crippen molar-refractivity contribution in [2.75, 3.05) is 6.54 Å². The zero-order valence-electron chi connectivity index (χ0n) is 17.4. The Morgan fingerprint density at radius 1 is 1.30 bits per heavy atom. The van der Waals surface area contributed by atoms with E-state index in [1.165, 1.54) is 0 Å². The number of hydrogen-bond acceptors (Lipinski definition) is 5. The first-order chi connectivity index (χ1) is 14.5. The molecule has 0 fully saturated rings. The molecule has 4 rings (SSSR count). The van der Waals surface area contributed by atoms with E-state index >= 15 is 0 Å². The number of rotatable bonds is 7. The monoisotopic (exact) mass is 409 g/mol. The molecule has 0 saturated heterocycles. The Kier molecular flexibility index (Phi) is 5.88. The number of imidazole rings is 1. The summed E-state index contributed by atoms with van der Waals surface area (Å²) in [6.07, 6.45) is 9.12. The third-order valence-electron chi connectivity index (χ3n) is 5.55. The summed E-state index contributed by atoms with van der Waals surface area (Å²) in [7, 11) is 0. The SMILES string of the molecule is Cc1cc(O[C@H](C)C(=O)NCCCn2ccnc2)c2c3c(c(=O)oc2c1)CCCC3. The number of nitrogens with zero attached hydrogens (tertiary/aromatic N) is 2. The van der Waals surface area contributed by atoms with Gasteiger partial charge in [-0.05, 0) is 69.2 Å². The average molecular weight is 409 g/mol. The lowest BCUT2D eigenvalue weighted by Crippen LogP contribution is -2.37. The number of carbonyl (C=O) groups excluding carboxylic acids is 1. The van der Waals surface area contributed by atoms with Crippen molar-refractivity contribution >= 4 is 16.9 Å². The fourth-order valence-electron chi connectivity index (χ4n) is 4.04. The fraction of sp³-hybridized carbons (Fsp3) is 0.435. The minimum atomic E-state index is -0.658. The first-order valence-electron chi connectivity index (χ1n) is 10.5. The van der Waals surface area contributed by atoms with E-state index in [1.54, 1.807) is 19.4 Å². The van der Waals surface area contributed by atoms with Crippen LogP contribution in [0.2, 0.25) is 0 Å².